The Morgan fingerprint density at radius 2 is 1.37 bits per heavy atom. The summed E-state index contributed by atoms with van der Waals surface area (Å²) in [6.07, 6.45) is 45.9. The molecule has 46 heavy (non-hydrogen) atoms. The molecule has 2 heteroatoms. The van der Waals surface area contributed by atoms with Crippen LogP contribution in [0.5, 0.6) is 11.5 Å². The minimum absolute atomic E-state index is 0.682. The zero-order valence-corrected chi connectivity index (χ0v) is 28.7. The highest BCUT2D eigenvalue weighted by atomic mass is 16.5. The van der Waals surface area contributed by atoms with E-state index in [-0.39, 0.29) is 0 Å². The maximum atomic E-state index is 6.43. The normalized spacial score (nSPS) is 22.6. The van der Waals surface area contributed by atoms with Crippen LogP contribution in [-0.2, 0) is 6.42 Å². The summed E-state index contributed by atoms with van der Waals surface area (Å²) in [6, 6.07) is 6.78. The van der Waals surface area contributed by atoms with Gasteiger partial charge in [0.05, 0.1) is 13.2 Å². The highest BCUT2D eigenvalue weighted by Crippen LogP contribution is 2.34. The molecule has 6 rings (SSSR count). The van der Waals surface area contributed by atoms with Crippen LogP contribution in [0, 0.1) is 17.8 Å². The van der Waals surface area contributed by atoms with Crippen LogP contribution < -0.4 is 9.47 Å². The first-order valence-electron chi connectivity index (χ1n) is 19.3. The molecular formula is C44H60O2. The molecule has 1 atom stereocenters. The quantitative estimate of drug-likeness (QED) is 0.182. The van der Waals surface area contributed by atoms with Gasteiger partial charge in [-0.15, -0.1) is 0 Å². The Kier molecular flexibility index (Phi) is 13.0. The van der Waals surface area contributed by atoms with E-state index in [4.69, 9.17) is 9.47 Å². The van der Waals surface area contributed by atoms with Gasteiger partial charge in [0, 0.05) is 6.07 Å². The highest BCUT2D eigenvalue weighted by molar-refractivity contribution is 5.45. The molecule has 5 aliphatic carbocycles. The van der Waals surface area contributed by atoms with E-state index in [2.05, 4.69) is 66.8 Å². The van der Waals surface area contributed by atoms with Gasteiger partial charge < -0.3 is 9.47 Å². The molecule has 0 aliphatic heterocycles. The molecule has 2 fully saturated rings. The molecule has 0 radical (unpaired) electrons. The Bertz CT molecular complexity index is 1250. The Morgan fingerprint density at radius 1 is 0.652 bits per heavy atom. The second-order valence-corrected chi connectivity index (χ2v) is 14.9. The Hall–Kier alpha value is -2.74. The van der Waals surface area contributed by atoms with Gasteiger partial charge in [-0.3, -0.25) is 0 Å². The lowest BCUT2D eigenvalue weighted by atomic mass is 9.84. The van der Waals surface area contributed by atoms with Gasteiger partial charge in [0.2, 0.25) is 0 Å². The molecule has 0 amide bonds. The fourth-order valence-electron chi connectivity index (χ4n) is 8.45. The Morgan fingerprint density at radius 3 is 2.07 bits per heavy atom. The summed E-state index contributed by atoms with van der Waals surface area (Å²) in [4.78, 5) is 0. The molecule has 248 valence electrons. The first-order valence-corrected chi connectivity index (χ1v) is 19.3. The number of allylic oxidation sites excluding steroid dienone is 12. The second-order valence-electron chi connectivity index (χ2n) is 14.9. The first-order chi connectivity index (χ1) is 22.8. The SMILES string of the molecule is C1=CCCC(C2=C(CCC3=CC(CCCCc4cc(OCC5CCCCC5)cc(OCC5CCCCC5)c4)CC=C3)C=CCC2)=C1. The zero-order valence-electron chi connectivity index (χ0n) is 28.7. The van der Waals surface area contributed by atoms with E-state index < -0.39 is 0 Å². The van der Waals surface area contributed by atoms with Crippen LogP contribution >= 0.6 is 0 Å². The lowest BCUT2D eigenvalue weighted by Gasteiger charge is -2.23. The largest absolute Gasteiger partial charge is 0.493 e. The lowest BCUT2D eigenvalue weighted by Crippen LogP contribution is -2.16. The summed E-state index contributed by atoms with van der Waals surface area (Å²) in [6.45, 7) is 1.72. The van der Waals surface area contributed by atoms with Gasteiger partial charge in [0.15, 0.2) is 0 Å². The average molecular weight is 621 g/mol. The zero-order chi connectivity index (χ0) is 31.2. The number of benzene rings is 1. The van der Waals surface area contributed by atoms with Crippen LogP contribution in [0.1, 0.15) is 134 Å². The van der Waals surface area contributed by atoms with E-state index in [0.717, 1.165) is 49.4 Å². The van der Waals surface area contributed by atoms with Crippen LogP contribution in [0.2, 0.25) is 0 Å². The van der Waals surface area contributed by atoms with Gasteiger partial charge in [0.25, 0.3) is 0 Å². The molecule has 2 nitrogen and oxygen atoms in total. The standard InChI is InChI=1S/C44H60O2/c1-4-16-37(17-5-1)33-45-42-30-39(31-43(32-42)46-34-38-18-6-2-7-19-38)20-11-10-15-35-21-14-22-36(29-35)27-28-41-25-12-13-26-44(41)40-23-8-3-9-24-40/h3,8,12,14,22-23,25,29-32,35,37-38H,1-2,4-7,9-11,13,15-21,24,26-28,33-34H2. The van der Waals surface area contributed by atoms with Gasteiger partial charge in [-0.05, 0) is 142 Å². The second kappa shape index (κ2) is 18.0. The summed E-state index contributed by atoms with van der Waals surface area (Å²) in [5.41, 5.74) is 7.72. The van der Waals surface area contributed by atoms with Gasteiger partial charge in [0.1, 0.15) is 11.5 Å². The number of hydrogen-bond donors (Lipinski definition) is 0. The number of hydrogen-bond acceptors (Lipinski definition) is 2. The van der Waals surface area contributed by atoms with Gasteiger partial charge >= 0.3 is 0 Å². The third-order valence-corrected chi connectivity index (χ3v) is 11.2. The fraction of sp³-hybridized carbons (Fsp3) is 0.591. The molecule has 1 unspecified atom stereocenters. The molecule has 0 bridgehead atoms. The highest BCUT2D eigenvalue weighted by Gasteiger charge is 2.18. The summed E-state index contributed by atoms with van der Waals surface area (Å²) in [5, 5.41) is 0. The predicted molar refractivity (Wildman–Crippen MR) is 195 cm³/mol. The molecule has 2 saturated carbocycles. The smallest absolute Gasteiger partial charge is 0.123 e. The third kappa shape index (κ3) is 10.4. The van der Waals surface area contributed by atoms with Crippen molar-refractivity contribution in [3.8, 4) is 11.5 Å². The van der Waals surface area contributed by atoms with Crippen molar-refractivity contribution in [2.75, 3.05) is 13.2 Å². The predicted octanol–water partition coefficient (Wildman–Crippen LogP) is 12.5. The van der Waals surface area contributed by atoms with E-state index in [9.17, 15) is 0 Å². The number of aryl methyl sites for hydroxylation is 1. The van der Waals surface area contributed by atoms with E-state index in [0.29, 0.717) is 5.92 Å². The van der Waals surface area contributed by atoms with Crippen molar-refractivity contribution in [3.05, 3.63) is 94.7 Å². The van der Waals surface area contributed by atoms with E-state index >= 15 is 0 Å². The van der Waals surface area contributed by atoms with Crippen LogP contribution in [-0.4, -0.2) is 13.2 Å². The molecule has 1 aromatic carbocycles. The minimum atomic E-state index is 0.682. The lowest BCUT2D eigenvalue weighted by molar-refractivity contribution is 0.200. The van der Waals surface area contributed by atoms with Crippen molar-refractivity contribution in [2.45, 2.75) is 135 Å². The van der Waals surface area contributed by atoms with Crippen molar-refractivity contribution < 1.29 is 9.47 Å². The van der Waals surface area contributed by atoms with Crippen molar-refractivity contribution in [1.29, 1.82) is 0 Å². The summed E-state index contributed by atoms with van der Waals surface area (Å²) >= 11 is 0. The van der Waals surface area contributed by atoms with Crippen molar-refractivity contribution in [3.63, 3.8) is 0 Å². The molecule has 0 aromatic heterocycles. The molecule has 1 aromatic rings. The Balaban J connectivity index is 0.994. The average Bonchev–Trinajstić information content (AvgIpc) is 3.12. The summed E-state index contributed by atoms with van der Waals surface area (Å²) in [5.74, 6) is 4.16. The fourth-order valence-corrected chi connectivity index (χ4v) is 8.45. The molecule has 0 spiro atoms. The van der Waals surface area contributed by atoms with Crippen LogP contribution in [0.15, 0.2) is 89.1 Å². The summed E-state index contributed by atoms with van der Waals surface area (Å²) in [7, 11) is 0. The van der Waals surface area contributed by atoms with Crippen LogP contribution in [0.25, 0.3) is 0 Å². The molecule has 0 N–H and O–H groups in total. The number of ether oxygens (including phenoxy) is 2. The van der Waals surface area contributed by atoms with Gasteiger partial charge in [-0.1, -0.05) is 99.1 Å². The third-order valence-electron chi connectivity index (χ3n) is 11.2. The monoisotopic (exact) mass is 620 g/mol. The van der Waals surface area contributed by atoms with E-state index in [1.54, 1.807) is 22.3 Å². The maximum Gasteiger partial charge on any atom is 0.123 e. The number of rotatable bonds is 15. The minimum Gasteiger partial charge on any atom is -0.493 e. The molecular weight excluding hydrogens is 560 g/mol. The van der Waals surface area contributed by atoms with Crippen LogP contribution in [0.3, 0.4) is 0 Å². The molecule has 0 heterocycles. The van der Waals surface area contributed by atoms with Crippen molar-refractivity contribution in [2.24, 2.45) is 17.8 Å². The first kappa shape index (κ1) is 33.2. The van der Waals surface area contributed by atoms with Gasteiger partial charge in [-0.2, -0.15) is 0 Å². The Labute approximate surface area is 280 Å². The molecule has 0 saturated heterocycles. The summed E-state index contributed by atoms with van der Waals surface area (Å²) < 4.78 is 12.9. The topological polar surface area (TPSA) is 18.5 Å². The maximum absolute atomic E-state index is 6.43. The van der Waals surface area contributed by atoms with Crippen LogP contribution in [0.4, 0.5) is 0 Å². The van der Waals surface area contributed by atoms with Gasteiger partial charge in [-0.25, -0.2) is 0 Å². The van der Waals surface area contributed by atoms with E-state index in [1.807, 2.05) is 0 Å². The van der Waals surface area contributed by atoms with Crippen molar-refractivity contribution in [1.82, 2.24) is 0 Å². The number of unbranched alkanes of at least 4 members (excludes halogenated alkanes) is 1. The molecule has 5 aliphatic rings. The van der Waals surface area contributed by atoms with Crippen molar-refractivity contribution >= 4 is 0 Å². The van der Waals surface area contributed by atoms with E-state index in [1.165, 1.54) is 128 Å².